The third-order valence-electron chi connectivity index (χ3n) is 3.80. The summed E-state index contributed by atoms with van der Waals surface area (Å²) in [6, 6.07) is 0. The van der Waals surface area contributed by atoms with E-state index in [1.54, 1.807) is 0 Å². The number of amidine groups is 1. The first kappa shape index (κ1) is 13.3. The summed E-state index contributed by atoms with van der Waals surface area (Å²) in [5.74, 6) is 2.61. The van der Waals surface area contributed by atoms with E-state index >= 15 is 0 Å². The van der Waals surface area contributed by atoms with Crippen LogP contribution >= 0.6 is 11.8 Å². The Morgan fingerprint density at radius 2 is 2.24 bits per heavy atom. The van der Waals surface area contributed by atoms with Gasteiger partial charge in [0, 0.05) is 11.8 Å². The van der Waals surface area contributed by atoms with Gasteiger partial charge in [0.25, 0.3) is 0 Å². The maximum absolute atomic E-state index is 4.62. The highest BCUT2D eigenvalue weighted by molar-refractivity contribution is 8.14. The Hall–Kier alpha value is -0.180. The molecule has 1 saturated carbocycles. The smallest absolute Gasteiger partial charge is 0.156 e. The molecule has 2 rings (SSSR count). The van der Waals surface area contributed by atoms with Gasteiger partial charge in [-0.05, 0) is 37.0 Å². The van der Waals surface area contributed by atoms with Crippen LogP contribution in [0.3, 0.4) is 0 Å². The van der Waals surface area contributed by atoms with Crippen LogP contribution in [0, 0.1) is 17.8 Å². The fraction of sp³-hybridized carbons (Fsp3) is 0.929. The fourth-order valence-electron chi connectivity index (χ4n) is 2.91. The van der Waals surface area contributed by atoms with Crippen molar-refractivity contribution in [2.75, 3.05) is 13.1 Å². The van der Waals surface area contributed by atoms with E-state index in [4.69, 9.17) is 0 Å². The van der Waals surface area contributed by atoms with Crippen molar-refractivity contribution in [2.24, 2.45) is 22.7 Å². The Bertz CT molecular complexity index is 275. The van der Waals surface area contributed by atoms with Gasteiger partial charge in [-0.2, -0.15) is 0 Å². The zero-order chi connectivity index (χ0) is 12.3. The SMILES string of the molecule is CC(C)CC1CN=C(NCC2CCC(C)C2)S1. The number of rotatable bonds is 4. The minimum absolute atomic E-state index is 0.722. The molecule has 1 N–H and O–H groups in total. The molecule has 0 aromatic carbocycles. The lowest BCUT2D eigenvalue weighted by Crippen LogP contribution is -2.25. The molecule has 0 aromatic heterocycles. The first-order valence-electron chi connectivity index (χ1n) is 7.08. The average Bonchev–Trinajstić information content (AvgIpc) is 2.84. The monoisotopic (exact) mass is 254 g/mol. The number of thioether (sulfide) groups is 1. The first-order chi connectivity index (χ1) is 8.13. The van der Waals surface area contributed by atoms with Crippen LogP contribution in [0.4, 0.5) is 0 Å². The molecule has 0 aromatic rings. The van der Waals surface area contributed by atoms with Gasteiger partial charge in [0.1, 0.15) is 0 Å². The maximum Gasteiger partial charge on any atom is 0.156 e. The van der Waals surface area contributed by atoms with E-state index in [0.29, 0.717) is 0 Å². The second-order valence-corrected chi connectivity index (χ2v) is 7.47. The van der Waals surface area contributed by atoms with E-state index in [1.165, 1.54) is 30.9 Å². The maximum atomic E-state index is 4.62. The van der Waals surface area contributed by atoms with E-state index in [2.05, 4.69) is 31.1 Å². The van der Waals surface area contributed by atoms with Gasteiger partial charge < -0.3 is 5.32 Å². The standard InChI is InChI=1S/C14H26N2S/c1-10(2)6-13-9-16-14(17-13)15-8-12-5-4-11(3)7-12/h10-13H,4-9H2,1-3H3,(H,15,16). The van der Waals surface area contributed by atoms with Gasteiger partial charge in [-0.25, -0.2) is 0 Å². The van der Waals surface area contributed by atoms with Gasteiger partial charge in [0.15, 0.2) is 5.17 Å². The fourth-order valence-corrected chi connectivity index (χ4v) is 4.17. The molecular formula is C14H26N2S. The van der Waals surface area contributed by atoms with Crippen LogP contribution in [0.1, 0.15) is 46.5 Å². The summed E-state index contributed by atoms with van der Waals surface area (Å²) in [6.45, 7) is 9.13. The second-order valence-electron chi connectivity index (χ2n) is 6.18. The van der Waals surface area contributed by atoms with Crippen molar-refractivity contribution < 1.29 is 0 Å². The quantitative estimate of drug-likeness (QED) is 0.830. The summed E-state index contributed by atoms with van der Waals surface area (Å²) < 4.78 is 0. The summed E-state index contributed by atoms with van der Waals surface area (Å²) >= 11 is 1.96. The lowest BCUT2D eigenvalue weighted by molar-refractivity contribution is 0.508. The normalized spacial score (nSPS) is 33.2. The highest BCUT2D eigenvalue weighted by atomic mass is 32.2. The number of aliphatic imine (C=N–C) groups is 1. The van der Waals surface area contributed by atoms with Crippen LogP contribution in [-0.4, -0.2) is 23.5 Å². The van der Waals surface area contributed by atoms with Crippen LogP contribution in [0.25, 0.3) is 0 Å². The zero-order valence-electron chi connectivity index (χ0n) is 11.4. The minimum Gasteiger partial charge on any atom is -0.365 e. The van der Waals surface area contributed by atoms with Crippen molar-refractivity contribution in [3.63, 3.8) is 0 Å². The number of nitrogens with one attached hydrogen (secondary N) is 1. The second kappa shape index (κ2) is 6.12. The van der Waals surface area contributed by atoms with E-state index in [-0.39, 0.29) is 0 Å². The van der Waals surface area contributed by atoms with Crippen LogP contribution in [0.2, 0.25) is 0 Å². The highest BCUT2D eigenvalue weighted by Gasteiger charge is 2.24. The van der Waals surface area contributed by atoms with Gasteiger partial charge in [-0.1, -0.05) is 39.0 Å². The summed E-state index contributed by atoms with van der Waals surface area (Å²) in [4.78, 5) is 4.62. The van der Waals surface area contributed by atoms with Gasteiger partial charge in [0.2, 0.25) is 0 Å². The van der Waals surface area contributed by atoms with Crippen LogP contribution in [-0.2, 0) is 0 Å². The summed E-state index contributed by atoms with van der Waals surface area (Å²) in [7, 11) is 0. The number of hydrogen-bond donors (Lipinski definition) is 1. The van der Waals surface area contributed by atoms with Gasteiger partial charge in [0.05, 0.1) is 6.54 Å². The summed E-state index contributed by atoms with van der Waals surface area (Å²) in [5, 5.41) is 5.49. The molecule has 0 amide bonds. The van der Waals surface area contributed by atoms with Gasteiger partial charge in [-0.3, -0.25) is 4.99 Å². The Kier molecular flexibility index (Phi) is 4.78. The van der Waals surface area contributed by atoms with E-state index in [9.17, 15) is 0 Å². The topological polar surface area (TPSA) is 24.4 Å². The first-order valence-corrected chi connectivity index (χ1v) is 7.96. The molecule has 3 atom stereocenters. The predicted octanol–water partition coefficient (Wildman–Crippen LogP) is 3.53. The molecule has 1 heterocycles. The van der Waals surface area contributed by atoms with Crippen molar-refractivity contribution in [2.45, 2.75) is 51.7 Å². The number of nitrogens with zero attached hydrogens (tertiary/aromatic N) is 1. The van der Waals surface area contributed by atoms with E-state index in [1.807, 2.05) is 11.8 Å². The molecule has 2 nitrogen and oxygen atoms in total. The molecule has 0 radical (unpaired) electrons. The van der Waals surface area contributed by atoms with Gasteiger partial charge in [-0.15, -0.1) is 0 Å². The van der Waals surface area contributed by atoms with Crippen molar-refractivity contribution >= 4 is 16.9 Å². The Morgan fingerprint density at radius 3 is 2.88 bits per heavy atom. The van der Waals surface area contributed by atoms with Gasteiger partial charge >= 0.3 is 0 Å². The van der Waals surface area contributed by atoms with Crippen LogP contribution < -0.4 is 5.32 Å². The molecule has 0 saturated heterocycles. The lowest BCUT2D eigenvalue weighted by atomic mass is 10.1. The third-order valence-corrected chi connectivity index (χ3v) is 4.97. The molecule has 1 fully saturated rings. The number of hydrogen-bond acceptors (Lipinski definition) is 3. The molecule has 0 bridgehead atoms. The van der Waals surface area contributed by atoms with Crippen molar-refractivity contribution in [3.8, 4) is 0 Å². The Morgan fingerprint density at radius 1 is 1.41 bits per heavy atom. The summed E-state index contributed by atoms with van der Waals surface area (Å²) in [5.41, 5.74) is 0. The van der Waals surface area contributed by atoms with Crippen molar-refractivity contribution in [3.05, 3.63) is 0 Å². The highest BCUT2D eigenvalue weighted by Crippen LogP contribution is 2.30. The molecule has 98 valence electrons. The van der Waals surface area contributed by atoms with Crippen molar-refractivity contribution in [1.29, 1.82) is 0 Å². The molecule has 1 aliphatic heterocycles. The molecule has 3 unspecified atom stereocenters. The molecule has 17 heavy (non-hydrogen) atoms. The minimum atomic E-state index is 0.722. The van der Waals surface area contributed by atoms with E-state index < -0.39 is 0 Å². The Balaban J connectivity index is 1.64. The molecule has 2 aliphatic rings. The average molecular weight is 254 g/mol. The van der Waals surface area contributed by atoms with Crippen molar-refractivity contribution in [1.82, 2.24) is 5.32 Å². The summed E-state index contributed by atoms with van der Waals surface area (Å²) in [6.07, 6.45) is 5.52. The zero-order valence-corrected chi connectivity index (χ0v) is 12.2. The van der Waals surface area contributed by atoms with Crippen LogP contribution in [0.15, 0.2) is 4.99 Å². The largest absolute Gasteiger partial charge is 0.365 e. The lowest BCUT2D eigenvalue weighted by Gasteiger charge is -2.13. The third kappa shape index (κ3) is 4.20. The molecular weight excluding hydrogens is 228 g/mol. The molecule has 0 spiro atoms. The predicted molar refractivity (Wildman–Crippen MR) is 77.6 cm³/mol. The Labute approximate surface area is 110 Å². The van der Waals surface area contributed by atoms with Crippen LogP contribution in [0.5, 0.6) is 0 Å². The molecule has 3 heteroatoms. The van der Waals surface area contributed by atoms with E-state index in [0.717, 1.165) is 36.1 Å². The molecule has 1 aliphatic carbocycles.